The van der Waals surface area contributed by atoms with Crippen molar-refractivity contribution in [3.8, 4) is 6.07 Å². The van der Waals surface area contributed by atoms with E-state index >= 15 is 0 Å². The van der Waals surface area contributed by atoms with Gasteiger partial charge >= 0.3 is 6.09 Å². The van der Waals surface area contributed by atoms with Crippen molar-refractivity contribution in [1.82, 2.24) is 20.0 Å². The summed E-state index contributed by atoms with van der Waals surface area (Å²) < 4.78 is 46.0. The lowest BCUT2D eigenvalue weighted by Crippen LogP contribution is -2.56. The minimum absolute atomic E-state index is 0.0155. The number of methoxy groups -OCH3 is 1. The van der Waals surface area contributed by atoms with E-state index in [-0.39, 0.29) is 47.6 Å². The molecule has 0 spiro atoms. The summed E-state index contributed by atoms with van der Waals surface area (Å²) in [6.07, 6.45) is 6.80. The third-order valence-electron chi connectivity index (χ3n) is 11.6. The van der Waals surface area contributed by atoms with Crippen LogP contribution < -0.4 is 10.2 Å². The first kappa shape index (κ1) is 37.8. The average Bonchev–Trinajstić information content (AvgIpc) is 3.54. The number of sulfone groups is 1. The monoisotopic (exact) mass is 734 g/mol. The Balaban J connectivity index is 1.01. The molecule has 13 heteroatoms. The SMILES string of the molecule is COC(=O)N[C@H]1CCC[C@@H]1[C@](C#N)(c1cccc(F)c1)C1CCN(CC2CN(c3ccc(S(=O)(=O)C4CN(C(=O)C=CCN(C)C)C4)cc3)C2)CC1. The fourth-order valence-corrected chi connectivity index (χ4v) is 10.4. The van der Waals surface area contributed by atoms with E-state index in [0.717, 1.165) is 70.5 Å². The molecule has 2 aromatic carbocycles. The number of nitrogens with zero attached hydrogens (tertiary/aromatic N) is 5. The number of ether oxygens (including phenoxy) is 1. The van der Waals surface area contributed by atoms with E-state index in [1.807, 2.05) is 37.2 Å². The van der Waals surface area contributed by atoms with Crippen LogP contribution in [0.3, 0.4) is 0 Å². The van der Waals surface area contributed by atoms with Crippen LogP contribution in [0.4, 0.5) is 14.9 Å². The van der Waals surface area contributed by atoms with Gasteiger partial charge in [0.15, 0.2) is 9.84 Å². The Bertz CT molecular complexity index is 1760. The molecule has 0 radical (unpaired) electrons. The van der Waals surface area contributed by atoms with Gasteiger partial charge in [-0.2, -0.15) is 5.26 Å². The van der Waals surface area contributed by atoms with E-state index < -0.39 is 26.6 Å². The number of likely N-dealkylation sites (N-methyl/N-ethyl adjacent to an activating group) is 1. The number of carbonyl (C=O) groups excluding carboxylic acids is 2. The summed E-state index contributed by atoms with van der Waals surface area (Å²) in [5.74, 6) is -0.186. The van der Waals surface area contributed by atoms with Gasteiger partial charge in [0.05, 0.1) is 23.5 Å². The minimum atomic E-state index is -3.53. The Morgan fingerprint density at radius 3 is 2.40 bits per heavy atom. The predicted molar refractivity (Wildman–Crippen MR) is 197 cm³/mol. The molecule has 4 aliphatic rings. The molecular weight excluding hydrogens is 684 g/mol. The smallest absolute Gasteiger partial charge is 0.407 e. The number of hydrogen-bond acceptors (Lipinski definition) is 9. The number of likely N-dealkylation sites (tertiary alicyclic amines) is 2. The molecule has 3 heterocycles. The van der Waals surface area contributed by atoms with Crippen LogP contribution in [-0.2, 0) is 24.8 Å². The zero-order chi connectivity index (χ0) is 37.0. The Kier molecular flexibility index (Phi) is 11.6. The van der Waals surface area contributed by atoms with Crippen LogP contribution in [0.15, 0.2) is 65.6 Å². The number of piperidine rings is 1. The highest BCUT2D eigenvalue weighted by atomic mass is 32.2. The number of benzene rings is 2. The van der Waals surface area contributed by atoms with Crippen LogP contribution in [0, 0.1) is 34.9 Å². The summed E-state index contributed by atoms with van der Waals surface area (Å²) in [5, 5.41) is 13.3. The maximum absolute atomic E-state index is 14.6. The van der Waals surface area contributed by atoms with Gasteiger partial charge in [0.2, 0.25) is 5.91 Å². The Morgan fingerprint density at radius 2 is 1.77 bits per heavy atom. The number of amides is 2. The third kappa shape index (κ3) is 7.84. The van der Waals surface area contributed by atoms with E-state index in [9.17, 15) is 27.7 Å². The normalized spacial score (nSPS) is 23.2. The zero-order valence-corrected chi connectivity index (χ0v) is 31.2. The van der Waals surface area contributed by atoms with Crippen molar-refractivity contribution in [1.29, 1.82) is 5.26 Å². The van der Waals surface area contributed by atoms with Gasteiger partial charge in [-0.1, -0.05) is 24.6 Å². The van der Waals surface area contributed by atoms with E-state index in [0.29, 0.717) is 18.0 Å². The topological polar surface area (TPSA) is 126 Å². The van der Waals surface area contributed by atoms with Crippen molar-refractivity contribution >= 4 is 27.5 Å². The highest BCUT2D eigenvalue weighted by Crippen LogP contribution is 2.50. The molecule has 3 aliphatic heterocycles. The molecule has 6 rings (SSSR count). The van der Waals surface area contributed by atoms with Gasteiger partial charge in [-0.25, -0.2) is 17.6 Å². The number of carbonyl (C=O) groups is 2. The molecule has 0 bridgehead atoms. The molecule has 0 aromatic heterocycles. The van der Waals surface area contributed by atoms with Crippen LogP contribution in [0.2, 0.25) is 0 Å². The molecule has 11 nitrogen and oxygen atoms in total. The number of nitriles is 1. The molecule has 280 valence electrons. The first-order chi connectivity index (χ1) is 24.9. The zero-order valence-electron chi connectivity index (χ0n) is 30.4. The lowest BCUT2D eigenvalue weighted by Gasteiger charge is -2.48. The molecule has 1 saturated carbocycles. The highest BCUT2D eigenvalue weighted by Gasteiger charge is 2.53. The summed E-state index contributed by atoms with van der Waals surface area (Å²) in [5.41, 5.74) is 0.756. The second-order valence-corrected chi connectivity index (χ2v) is 17.4. The lowest BCUT2D eigenvalue weighted by atomic mass is 9.59. The molecule has 3 atom stereocenters. The molecule has 52 heavy (non-hydrogen) atoms. The molecule has 1 N–H and O–H groups in total. The highest BCUT2D eigenvalue weighted by molar-refractivity contribution is 7.92. The number of alkyl carbamates (subject to hydrolysis) is 1. The van der Waals surface area contributed by atoms with E-state index in [1.54, 1.807) is 29.2 Å². The molecule has 2 amide bonds. The van der Waals surface area contributed by atoms with Gasteiger partial charge in [-0.15, -0.1) is 0 Å². The van der Waals surface area contributed by atoms with Crippen LogP contribution in [0.5, 0.6) is 0 Å². The number of hydrogen-bond donors (Lipinski definition) is 1. The van der Waals surface area contributed by atoms with Crippen molar-refractivity contribution in [3.63, 3.8) is 0 Å². The van der Waals surface area contributed by atoms with Crippen molar-refractivity contribution in [2.75, 3.05) is 78.5 Å². The number of nitrogens with one attached hydrogen (secondary N) is 1. The molecule has 4 fully saturated rings. The number of rotatable bonds is 12. The van der Waals surface area contributed by atoms with Crippen LogP contribution in [-0.4, -0.2) is 120 Å². The van der Waals surface area contributed by atoms with Crippen molar-refractivity contribution in [3.05, 3.63) is 72.1 Å². The second-order valence-electron chi connectivity index (χ2n) is 15.2. The van der Waals surface area contributed by atoms with Gasteiger partial charge in [-0.3, -0.25) is 4.79 Å². The molecular formula is C39H51FN6O5S. The lowest BCUT2D eigenvalue weighted by molar-refractivity contribution is -0.129. The average molecular weight is 735 g/mol. The largest absolute Gasteiger partial charge is 0.453 e. The predicted octanol–water partition coefficient (Wildman–Crippen LogP) is 4.06. The van der Waals surface area contributed by atoms with Gasteiger partial charge in [0, 0.05) is 68.9 Å². The second kappa shape index (κ2) is 15.9. The van der Waals surface area contributed by atoms with Crippen LogP contribution >= 0.6 is 0 Å². The molecule has 1 aliphatic carbocycles. The van der Waals surface area contributed by atoms with E-state index in [2.05, 4.69) is 21.2 Å². The summed E-state index contributed by atoms with van der Waals surface area (Å²) in [6.45, 7) is 5.42. The molecule has 0 unspecified atom stereocenters. The molecule has 3 saturated heterocycles. The first-order valence-corrected chi connectivity index (χ1v) is 19.9. The summed E-state index contributed by atoms with van der Waals surface area (Å²) in [6, 6.07) is 16.0. The number of halogens is 1. The quantitative estimate of drug-likeness (QED) is 0.322. The fourth-order valence-electron chi connectivity index (χ4n) is 8.78. The van der Waals surface area contributed by atoms with Crippen LogP contribution in [0.1, 0.15) is 37.7 Å². The summed E-state index contributed by atoms with van der Waals surface area (Å²) in [7, 11) is 1.64. The van der Waals surface area contributed by atoms with Crippen molar-refractivity contribution in [2.24, 2.45) is 17.8 Å². The third-order valence-corrected chi connectivity index (χ3v) is 13.7. The van der Waals surface area contributed by atoms with Crippen molar-refractivity contribution in [2.45, 2.75) is 53.7 Å². The Morgan fingerprint density at radius 1 is 1.06 bits per heavy atom. The maximum atomic E-state index is 14.6. The van der Waals surface area contributed by atoms with Gasteiger partial charge in [-0.05, 0) is 101 Å². The minimum Gasteiger partial charge on any atom is -0.453 e. The standard InChI is InChI=1S/C39H51FN6O5S/c1-43(2)18-6-11-37(47)46-25-34(26-46)52(49,50)33-14-12-32(13-15-33)45-23-28(24-45)22-44-19-16-29(17-20-44)39(27-41,30-7-4-8-31(40)21-30)35-9-5-10-36(35)42-38(48)51-3/h4,6-8,11-15,21,28-29,34-36H,5,9-10,16-20,22-26H2,1-3H3,(H,42,48)/t35-,36-,39-/m0/s1. The summed E-state index contributed by atoms with van der Waals surface area (Å²) >= 11 is 0. The Hall–Kier alpha value is -3.99. The maximum Gasteiger partial charge on any atom is 0.407 e. The van der Waals surface area contributed by atoms with Gasteiger partial charge in [0.1, 0.15) is 11.1 Å². The number of anilines is 1. The Labute approximate surface area is 307 Å². The van der Waals surface area contributed by atoms with E-state index in [4.69, 9.17) is 4.74 Å². The first-order valence-electron chi connectivity index (χ1n) is 18.4. The fraction of sp³-hybridized carbons (Fsp3) is 0.564. The van der Waals surface area contributed by atoms with Gasteiger partial charge in [0.25, 0.3) is 0 Å². The van der Waals surface area contributed by atoms with Crippen molar-refractivity contribution < 1.29 is 27.1 Å². The van der Waals surface area contributed by atoms with E-state index in [1.165, 1.54) is 25.3 Å². The summed E-state index contributed by atoms with van der Waals surface area (Å²) in [4.78, 5) is 33.1. The molecule has 2 aromatic rings. The van der Waals surface area contributed by atoms with Gasteiger partial charge < -0.3 is 29.7 Å². The van der Waals surface area contributed by atoms with Crippen LogP contribution in [0.25, 0.3) is 0 Å².